The first-order valence-corrected chi connectivity index (χ1v) is 9.77. The summed E-state index contributed by atoms with van der Waals surface area (Å²) in [6.45, 7) is 9.94. The van der Waals surface area contributed by atoms with Crippen molar-refractivity contribution in [2.75, 3.05) is 19.7 Å². The van der Waals surface area contributed by atoms with Crippen LogP contribution in [-0.4, -0.2) is 34.7 Å². The van der Waals surface area contributed by atoms with Gasteiger partial charge in [0.2, 0.25) is 0 Å². The molecule has 0 saturated carbocycles. The topological polar surface area (TPSA) is 45.6 Å². The van der Waals surface area contributed by atoms with E-state index >= 15 is 0 Å². The van der Waals surface area contributed by atoms with Crippen molar-refractivity contribution in [3.63, 3.8) is 0 Å². The lowest BCUT2D eigenvalue weighted by molar-refractivity contribution is 0.198. The van der Waals surface area contributed by atoms with E-state index in [0.717, 1.165) is 42.7 Å². The molecule has 2 heterocycles. The lowest BCUT2D eigenvalue weighted by atomic mass is 10.0. The van der Waals surface area contributed by atoms with Crippen LogP contribution in [-0.2, 0) is 6.54 Å². The number of benzene rings is 1. The molecule has 1 aliphatic heterocycles. The zero-order chi connectivity index (χ0) is 19.2. The molecule has 4 nitrogen and oxygen atoms in total. The fourth-order valence-corrected chi connectivity index (χ4v) is 3.60. The summed E-state index contributed by atoms with van der Waals surface area (Å²) in [5.74, 6) is 1.46. The summed E-state index contributed by atoms with van der Waals surface area (Å²) in [6.07, 6.45) is 8.22. The maximum absolute atomic E-state index is 10.5. The van der Waals surface area contributed by atoms with Crippen LogP contribution in [0, 0.1) is 5.92 Å². The van der Waals surface area contributed by atoms with E-state index in [9.17, 15) is 5.11 Å². The summed E-state index contributed by atoms with van der Waals surface area (Å²) >= 11 is 0. The van der Waals surface area contributed by atoms with E-state index in [1.165, 1.54) is 12.0 Å². The highest BCUT2D eigenvalue weighted by molar-refractivity contribution is 5.68. The van der Waals surface area contributed by atoms with Gasteiger partial charge in [-0.25, -0.2) is 0 Å². The molecular weight excluding hydrogens is 336 g/mol. The molecule has 0 fully saturated rings. The van der Waals surface area contributed by atoms with Crippen LogP contribution in [0.1, 0.15) is 39.2 Å². The number of allylic oxidation sites excluding steroid dienone is 2. The zero-order valence-corrected chi connectivity index (χ0v) is 16.6. The van der Waals surface area contributed by atoms with E-state index in [1.54, 1.807) is 12.3 Å². The molecule has 27 heavy (non-hydrogen) atoms. The highest BCUT2D eigenvalue weighted by Gasteiger charge is 2.21. The molecule has 3 rings (SSSR count). The molecule has 1 aromatic heterocycles. The third-order valence-corrected chi connectivity index (χ3v) is 4.97. The summed E-state index contributed by atoms with van der Waals surface area (Å²) < 4.78 is 5.88. The van der Waals surface area contributed by atoms with Gasteiger partial charge in [0, 0.05) is 43.2 Å². The second kappa shape index (κ2) is 9.05. The molecule has 2 aromatic rings. The number of ether oxygens (including phenoxy) is 1. The van der Waals surface area contributed by atoms with Crippen LogP contribution in [0.2, 0.25) is 0 Å². The number of aromatic hydroxyl groups is 1. The highest BCUT2D eigenvalue weighted by Crippen LogP contribution is 2.37. The third-order valence-electron chi connectivity index (χ3n) is 4.97. The molecule has 1 N–H and O–H groups in total. The zero-order valence-electron chi connectivity index (χ0n) is 16.6. The van der Waals surface area contributed by atoms with Crippen LogP contribution in [0.3, 0.4) is 0 Å². The number of nitrogens with zero attached hydrogens (tertiary/aromatic N) is 2. The molecule has 1 unspecified atom stereocenters. The Morgan fingerprint density at radius 3 is 2.93 bits per heavy atom. The number of phenolic OH excluding ortho intramolecular Hbond substituents is 1. The van der Waals surface area contributed by atoms with Gasteiger partial charge in [0.15, 0.2) is 11.5 Å². The van der Waals surface area contributed by atoms with Crippen molar-refractivity contribution in [1.29, 1.82) is 0 Å². The summed E-state index contributed by atoms with van der Waals surface area (Å²) in [5, 5.41) is 10.5. The first-order valence-electron chi connectivity index (χ1n) is 9.77. The Labute approximate surface area is 162 Å². The van der Waals surface area contributed by atoms with Gasteiger partial charge in [-0.05, 0) is 56.4 Å². The Balaban J connectivity index is 1.74. The van der Waals surface area contributed by atoms with Crippen molar-refractivity contribution >= 4 is 0 Å². The Hall–Kier alpha value is -2.33. The minimum absolute atomic E-state index is 0.213. The number of aromatic nitrogens is 1. The van der Waals surface area contributed by atoms with E-state index in [0.29, 0.717) is 18.3 Å². The number of hydrogen-bond acceptors (Lipinski definition) is 4. The maximum atomic E-state index is 10.5. The summed E-state index contributed by atoms with van der Waals surface area (Å²) in [5.41, 5.74) is 4.41. The van der Waals surface area contributed by atoms with Gasteiger partial charge in [0.25, 0.3) is 0 Å². The molecule has 0 aliphatic carbocycles. The number of pyridine rings is 1. The summed E-state index contributed by atoms with van der Waals surface area (Å²) in [4.78, 5) is 6.62. The maximum Gasteiger partial charge on any atom is 0.165 e. The van der Waals surface area contributed by atoms with Gasteiger partial charge in [-0.1, -0.05) is 24.6 Å². The van der Waals surface area contributed by atoms with E-state index in [1.807, 2.05) is 18.3 Å². The molecule has 4 heteroatoms. The molecule has 0 amide bonds. The Morgan fingerprint density at radius 2 is 2.19 bits per heavy atom. The normalized spacial score (nSPS) is 15.4. The predicted octanol–water partition coefficient (Wildman–Crippen LogP) is 5.03. The molecule has 0 spiro atoms. The molecule has 144 valence electrons. The lowest BCUT2D eigenvalue weighted by Crippen LogP contribution is -2.30. The minimum Gasteiger partial charge on any atom is -0.504 e. The number of rotatable bonds is 6. The number of phenols is 1. The van der Waals surface area contributed by atoms with Crippen LogP contribution >= 0.6 is 0 Å². The molecule has 0 bridgehead atoms. The molecule has 1 aliphatic rings. The Kier molecular flexibility index (Phi) is 6.51. The molecule has 0 radical (unpaired) electrons. The van der Waals surface area contributed by atoms with Crippen LogP contribution in [0.5, 0.6) is 11.5 Å². The van der Waals surface area contributed by atoms with Crippen molar-refractivity contribution in [3.8, 4) is 22.6 Å². The SMILES string of the molecule is CC(C)=CCCC(C)CN1CCOc2c(O)cc(-c3cccnc3)cc2C1. The molecular formula is C23H30N2O2. The second-order valence-corrected chi connectivity index (χ2v) is 7.77. The van der Waals surface area contributed by atoms with Crippen molar-refractivity contribution in [1.82, 2.24) is 9.88 Å². The average Bonchev–Trinajstić information content (AvgIpc) is 2.84. The van der Waals surface area contributed by atoms with Crippen LogP contribution in [0.15, 0.2) is 48.3 Å². The van der Waals surface area contributed by atoms with Crippen molar-refractivity contribution in [2.24, 2.45) is 5.92 Å². The fourth-order valence-electron chi connectivity index (χ4n) is 3.60. The first-order chi connectivity index (χ1) is 13.0. The van der Waals surface area contributed by atoms with Crippen LogP contribution in [0.4, 0.5) is 0 Å². The van der Waals surface area contributed by atoms with Gasteiger partial charge < -0.3 is 9.84 Å². The second-order valence-electron chi connectivity index (χ2n) is 7.77. The van der Waals surface area contributed by atoms with Gasteiger partial charge in [-0.2, -0.15) is 0 Å². The van der Waals surface area contributed by atoms with Gasteiger partial charge in [-0.15, -0.1) is 0 Å². The molecule has 1 aromatic carbocycles. The Morgan fingerprint density at radius 1 is 1.33 bits per heavy atom. The van der Waals surface area contributed by atoms with Gasteiger partial charge >= 0.3 is 0 Å². The van der Waals surface area contributed by atoms with Gasteiger partial charge in [0.05, 0.1) is 0 Å². The van der Waals surface area contributed by atoms with Crippen molar-refractivity contribution in [3.05, 3.63) is 53.9 Å². The first kappa shape index (κ1) is 19.4. The van der Waals surface area contributed by atoms with E-state index in [-0.39, 0.29) is 5.75 Å². The average molecular weight is 367 g/mol. The standard InChI is InChI=1S/C23H30N2O2/c1-17(2)6-4-7-18(3)15-25-10-11-27-23-21(16-25)12-20(13-22(23)26)19-8-5-9-24-14-19/h5-6,8-9,12-14,18,26H,4,7,10-11,15-16H2,1-3H3. The fraction of sp³-hybridized carbons (Fsp3) is 0.435. The van der Waals surface area contributed by atoms with Crippen molar-refractivity contribution in [2.45, 2.75) is 40.2 Å². The van der Waals surface area contributed by atoms with Crippen molar-refractivity contribution < 1.29 is 9.84 Å². The summed E-state index contributed by atoms with van der Waals surface area (Å²) in [6, 6.07) is 7.82. The van der Waals surface area contributed by atoms with E-state index in [4.69, 9.17) is 4.74 Å². The van der Waals surface area contributed by atoms with E-state index in [2.05, 4.69) is 42.8 Å². The summed E-state index contributed by atoms with van der Waals surface area (Å²) in [7, 11) is 0. The molecule has 1 atom stereocenters. The van der Waals surface area contributed by atoms with Crippen LogP contribution < -0.4 is 4.74 Å². The highest BCUT2D eigenvalue weighted by atomic mass is 16.5. The Bertz CT molecular complexity index is 782. The number of hydrogen-bond donors (Lipinski definition) is 1. The largest absolute Gasteiger partial charge is 0.504 e. The number of fused-ring (bicyclic) bond motifs is 1. The van der Waals surface area contributed by atoms with Crippen LogP contribution in [0.25, 0.3) is 11.1 Å². The monoisotopic (exact) mass is 366 g/mol. The van der Waals surface area contributed by atoms with Gasteiger partial charge in [0.1, 0.15) is 6.61 Å². The lowest BCUT2D eigenvalue weighted by Gasteiger charge is -2.23. The third kappa shape index (κ3) is 5.33. The predicted molar refractivity (Wildman–Crippen MR) is 110 cm³/mol. The minimum atomic E-state index is 0.213. The smallest absolute Gasteiger partial charge is 0.165 e. The quantitative estimate of drug-likeness (QED) is 0.728. The molecule has 0 saturated heterocycles. The van der Waals surface area contributed by atoms with E-state index < -0.39 is 0 Å². The van der Waals surface area contributed by atoms with Gasteiger partial charge in [-0.3, -0.25) is 9.88 Å².